The Hall–Kier alpha value is -2.84. The van der Waals surface area contributed by atoms with Gasteiger partial charge in [0.25, 0.3) is 0 Å². The lowest BCUT2D eigenvalue weighted by molar-refractivity contribution is -0.523. The van der Waals surface area contributed by atoms with Crippen LogP contribution in [0.15, 0.2) is 29.0 Å². The van der Waals surface area contributed by atoms with E-state index in [1.165, 1.54) is 12.1 Å². The molecule has 1 fully saturated rings. The minimum Gasteiger partial charge on any atom is -0.507 e. The summed E-state index contributed by atoms with van der Waals surface area (Å²) >= 11 is 0. The molecule has 0 radical (unpaired) electrons. The summed E-state index contributed by atoms with van der Waals surface area (Å²) in [4.78, 5) is 14.9. The topological polar surface area (TPSA) is 124 Å². The van der Waals surface area contributed by atoms with Crippen LogP contribution in [0.25, 0.3) is 5.57 Å². The van der Waals surface area contributed by atoms with Crippen molar-refractivity contribution < 1.29 is 34.9 Å². The third-order valence-electron chi connectivity index (χ3n) is 6.46. The molecule has 0 aromatic heterocycles. The zero-order valence-corrected chi connectivity index (χ0v) is 19.1. The van der Waals surface area contributed by atoms with Crippen LogP contribution >= 0.6 is 0 Å². The monoisotopic (exact) mass is 445 g/mol. The van der Waals surface area contributed by atoms with Gasteiger partial charge in [0.05, 0.1) is 41.8 Å². The fourth-order valence-electron chi connectivity index (χ4n) is 4.76. The predicted octanol–water partition coefficient (Wildman–Crippen LogP) is 2.10. The number of aliphatic hydroxyl groups excluding tert-OH is 3. The lowest BCUT2D eigenvalue weighted by Gasteiger charge is -2.32. The summed E-state index contributed by atoms with van der Waals surface area (Å²) in [5.41, 5.74) is 1.08. The van der Waals surface area contributed by atoms with E-state index in [1.807, 2.05) is 32.6 Å². The third kappa shape index (κ3) is 3.89. The van der Waals surface area contributed by atoms with Crippen LogP contribution in [0.4, 0.5) is 5.69 Å². The molecule has 0 heterocycles. The van der Waals surface area contributed by atoms with Crippen LogP contribution in [0, 0.1) is 0 Å². The molecule has 2 aliphatic rings. The maximum Gasteiger partial charge on any atom is 0.201 e. The molecule has 174 valence electrons. The van der Waals surface area contributed by atoms with Gasteiger partial charge >= 0.3 is 0 Å². The van der Waals surface area contributed by atoms with Gasteiger partial charge in [-0.15, -0.1) is 0 Å². The number of Topliss-reactive ketones (excluding diaryl/α,β-unsaturated/α-hetero) is 1. The average molecular weight is 446 g/mol. The standard InChI is InChI=1S/C24H32N2O6/c1-5-25(6-2)13-9-15(27)19(16(28)10-13)21-23(31)22(24(21)32)20-17(29)11-14(12-18(20)30)26(7-3)8-4/h9-10,17-18,29-30H,5-8,11-12H2,1-4H3,(H2-,27,28,31,32)/p+1. The maximum absolute atomic E-state index is 13.0. The molecule has 2 atom stereocenters. The second-order valence-electron chi connectivity index (χ2n) is 8.09. The van der Waals surface area contributed by atoms with E-state index in [1.54, 1.807) is 0 Å². The van der Waals surface area contributed by atoms with E-state index in [9.17, 15) is 30.3 Å². The number of anilines is 1. The highest BCUT2D eigenvalue weighted by molar-refractivity contribution is 6.40. The van der Waals surface area contributed by atoms with Crippen LogP contribution < -0.4 is 4.90 Å². The van der Waals surface area contributed by atoms with Gasteiger partial charge in [0.15, 0.2) is 5.71 Å². The predicted molar refractivity (Wildman–Crippen MR) is 123 cm³/mol. The van der Waals surface area contributed by atoms with Crippen LogP contribution in [0.5, 0.6) is 11.5 Å². The largest absolute Gasteiger partial charge is 0.507 e. The molecule has 1 aromatic carbocycles. The first kappa shape index (κ1) is 23.8. The van der Waals surface area contributed by atoms with Crippen molar-refractivity contribution in [2.75, 3.05) is 31.1 Å². The molecule has 0 bridgehead atoms. The minimum absolute atomic E-state index is 0.0888. The Morgan fingerprint density at radius 1 is 0.906 bits per heavy atom. The Balaban J connectivity index is 2.03. The number of ketones is 1. The number of phenolic OH excluding ortho intramolecular Hbond substituents is 2. The second kappa shape index (κ2) is 9.34. The number of aliphatic hydroxyl groups is 3. The van der Waals surface area contributed by atoms with Crippen molar-refractivity contribution in [2.24, 2.45) is 0 Å². The molecular formula is C24H33N2O6+. The molecule has 1 aromatic rings. The maximum atomic E-state index is 13.0. The summed E-state index contributed by atoms with van der Waals surface area (Å²) in [6, 6.07) is 2.88. The molecule has 8 nitrogen and oxygen atoms in total. The molecule has 1 saturated carbocycles. The van der Waals surface area contributed by atoms with E-state index in [0.717, 1.165) is 18.8 Å². The summed E-state index contributed by atoms with van der Waals surface area (Å²) in [7, 11) is 0. The highest BCUT2D eigenvalue weighted by atomic mass is 16.3. The molecule has 0 amide bonds. The zero-order valence-electron chi connectivity index (χ0n) is 19.1. The summed E-state index contributed by atoms with van der Waals surface area (Å²) in [5.74, 6) is -1.71. The van der Waals surface area contributed by atoms with Crippen LogP contribution in [0.1, 0.15) is 46.1 Å². The van der Waals surface area contributed by atoms with Crippen LogP contribution in [0.2, 0.25) is 0 Å². The van der Waals surface area contributed by atoms with Gasteiger partial charge in [-0.3, -0.25) is 4.79 Å². The van der Waals surface area contributed by atoms with Crippen molar-refractivity contribution in [3.63, 3.8) is 0 Å². The highest BCUT2D eigenvalue weighted by Crippen LogP contribution is 2.47. The normalized spacial score (nSPS) is 21.2. The first-order valence-electron chi connectivity index (χ1n) is 11.2. The Kier molecular flexibility index (Phi) is 6.95. The smallest absolute Gasteiger partial charge is 0.201 e. The van der Waals surface area contributed by atoms with E-state index in [4.69, 9.17) is 0 Å². The van der Waals surface area contributed by atoms with Gasteiger partial charge in [0.2, 0.25) is 5.78 Å². The van der Waals surface area contributed by atoms with Gasteiger partial charge < -0.3 is 30.4 Å². The minimum atomic E-state index is -1.11. The molecule has 3 rings (SSSR count). The van der Waals surface area contributed by atoms with E-state index in [2.05, 4.69) is 4.58 Å². The number of aromatic hydroxyl groups is 2. The van der Waals surface area contributed by atoms with E-state index in [0.29, 0.717) is 18.8 Å². The number of benzene rings is 1. The lowest BCUT2D eigenvalue weighted by atomic mass is 9.74. The Labute approximate surface area is 188 Å². The van der Waals surface area contributed by atoms with Gasteiger partial charge in [-0.2, -0.15) is 0 Å². The van der Waals surface area contributed by atoms with Crippen molar-refractivity contribution in [3.05, 3.63) is 34.6 Å². The summed E-state index contributed by atoms with van der Waals surface area (Å²) < 4.78 is 2.06. The lowest BCUT2D eigenvalue weighted by Crippen LogP contribution is -2.41. The quantitative estimate of drug-likeness (QED) is 0.335. The molecular weight excluding hydrogens is 412 g/mol. The summed E-state index contributed by atoms with van der Waals surface area (Å²) in [5, 5.41) is 53.1. The number of carbonyl (C=O) groups is 1. The summed E-state index contributed by atoms with van der Waals surface area (Å²) in [6.07, 6.45) is -1.68. The first-order chi connectivity index (χ1) is 15.2. The number of phenols is 2. The number of hydrogen-bond acceptors (Lipinski definition) is 7. The molecule has 0 saturated heterocycles. The number of hydrogen-bond donors (Lipinski definition) is 5. The van der Waals surface area contributed by atoms with Gasteiger partial charge in [0, 0.05) is 36.5 Å². The first-order valence-corrected chi connectivity index (χ1v) is 11.2. The third-order valence-corrected chi connectivity index (χ3v) is 6.46. The van der Waals surface area contributed by atoms with Crippen LogP contribution in [-0.4, -0.2) is 80.0 Å². The summed E-state index contributed by atoms with van der Waals surface area (Å²) in [6.45, 7) is 10.7. The van der Waals surface area contributed by atoms with Crippen molar-refractivity contribution in [2.45, 2.75) is 52.7 Å². The molecule has 8 heteroatoms. The molecule has 0 spiro atoms. The van der Waals surface area contributed by atoms with Crippen molar-refractivity contribution >= 4 is 22.8 Å². The van der Waals surface area contributed by atoms with Gasteiger partial charge in [0.1, 0.15) is 30.3 Å². The van der Waals surface area contributed by atoms with E-state index in [-0.39, 0.29) is 46.6 Å². The van der Waals surface area contributed by atoms with Crippen LogP contribution in [-0.2, 0) is 4.79 Å². The number of nitrogens with zero attached hydrogens (tertiary/aromatic N) is 2. The SMILES string of the molecule is CCN(CC)c1cc(O)c(C2=C(O)C(=C3C(O)CC(=[N+](CC)CC)CC3O)C2=O)c(O)c1. The Morgan fingerprint density at radius 3 is 1.81 bits per heavy atom. The molecule has 2 aliphatic carbocycles. The molecule has 5 N–H and O–H groups in total. The van der Waals surface area contributed by atoms with Gasteiger partial charge in [-0.1, -0.05) is 0 Å². The second-order valence-corrected chi connectivity index (χ2v) is 8.09. The zero-order chi connectivity index (χ0) is 23.7. The van der Waals surface area contributed by atoms with E-state index < -0.39 is 23.8 Å². The van der Waals surface area contributed by atoms with Crippen molar-refractivity contribution in [1.29, 1.82) is 0 Å². The number of allylic oxidation sites excluding steroid dienone is 2. The highest BCUT2D eigenvalue weighted by Gasteiger charge is 2.45. The molecule has 2 unspecified atom stereocenters. The Bertz CT molecular complexity index is 974. The van der Waals surface area contributed by atoms with E-state index >= 15 is 0 Å². The number of rotatable bonds is 6. The number of carbonyl (C=O) groups excluding carboxylic acids is 1. The fourth-order valence-corrected chi connectivity index (χ4v) is 4.76. The molecule has 32 heavy (non-hydrogen) atoms. The average Bonchev–Trinajstić information content (AvgIpc) is 2.75. The van der Waals surface area contributed by atoms with Gasteiger partial charge in [-0.05, 0) is 27.7 Å². The van der Waals surface area contributed by atoms with Crippen LogP contribution in [0.3, 0.4) is 0 Å². The van der Waals surface area contributed by atoms with Gasteiger partial charge in [-0.25, -0.2) is 4.58 Å². The van der Waals surface area contributed by atoms with Crippen molar-refractivity contribution in [1.82, 2.24) is 0 Å². The fraction of sp³-hybridized carbons (Fsp3) is 0.500. The molecule has 0 aliphatic heterocycles. The Morgan fingerprint density at radius 2 is 1.41 bits per heavy atom. The van der Waals surface area contributed by atoms with Crippen molar-refractivity contribution in [3.8, 4) is 11.5 Å².